The fourth-order valence-corrected chi connectivity index (χ4v) is 2.45. The van der Waals surface area contributed by atoms with Gasteiger partial charge in [-0.1, -0.05) is 5.11 Å². The van der Waals surface area contributed by atoms with Gasteiger partial charge in [0.05, 0.1) is 32.9 Å². The van der Waals surface area contributed by atoms with Gasteiger partial charge in [-0.05, 0) is 12.5 Å². The standard InChI is InChI=1S/C13H17F3N6O3/c1-8-7-25-4-3-21(8)11-5-9(12(23)24-2)22(19-11)6-10(18-20-17)13(14,15)16/h5,8,10H,3-4,6-7H2,1-2H3/t8-,10?/m1/s1. The lowest BCUT2D eigenvalue weighted by Gasteiger charge is -2.33. The van der Waals surface area contributed by atoms with Crippen LogP contribution >= 0.6 is 0 Å². The fourth-order valence-electron chi connectivity index (χ4n) is 2.45. The number of morpholine rings is 1. The molecule has 9 nitrogen and oxygen atoms in total. The van der Waals surface area contributed by atoms with Gasteiger partial charge in [-0.2, -0.15) is 18.3 Å². The van der Waals surface area contributed by atoms with E-state index in [9.17, 15) is 18.0 Å². The van der Waals surface area contributed by atoms with Crippen LogP contribution in [0.2, 0.25) is 0 Å². The minimum atomic E-state index is -4.77. The van der Waals surface area contributed by atoms with Gasteiger partial charge in [-0.25, -0.2) is 4.79 Å². The molecular formula is C13H17F3N6O3. The molecule has 0 bridgehead atoms. The number of aromatic nitrogens is 2. The third-order valence-electron chi connectivity index (χ3n) is 3.74. The maximum atomic E-state index is 13.0. The number of rotatable bonds is 5. The van der Waals surface area contributed by atoms with E-state index >= 15 is 0 Å². The Bertz CT molecular complexity index is 670. The predicted octanol–water partition coefficient (Wildman–Crippen LogP) is 2.14. The van der Waals surface area contributed by atoms with Crippen molar-refractivity contribution in [1.29, 1.82) is 0 Å². The van der Waals surface area contributed by atoms with E-state index in [-0.39, 0.29) is 11.7 Å². The van der Waals surface area contributed by atoms with Gasteiger partial charge in [-0.15, -0.1) is 0 Å². The number of ether oxygens (including phenoxy) is 2. The van der Waals surface area contributed by atoms with Crippen molar-refractivity contribution in [2.45, 2.75) is 31.7 Å². The summed E-state index contributed by atoms with van der Waals surface area (Å²) in [5.74, 6) is -0.500. The first kappa shape index (κ1) is 18.9. The molecule has 0 amide bonds. The fraction of sp³-hybridized carbons (Fsp3) is 0.692. The molecule has 0 aromatic carbocycles. The number of hydrogen-bond donors (Lipinski definition) is 0. The molecular weight excluding hydrogens is 345 g/mol. The third-order valence-corrected chi connectivity index (χ3v) is 3.74. The highest BCUT2D eigenvalue weighted by Crippen LogP contribution is 2.26. The number of azide groups is 1. The minimum absolute atomic E-state index is 0.0573. The molecule has 1 unspecified atom stereocenters. The molecule has 2 atom stereocenters. The number of esters is 1. The highest BCUT2D eigenvalue weighted by atomic mass is 19.4. The topological polar surface area (TPSA) is 105 Å². The zero-order chi connectivity index (χ0) is 18.6. The zero-order valence-electron chi connectivity index (χ0n) is 13.6. The SMILES string of the molecule is COC(=O)c1cc(N2CCOC[C@H]2C)nn1CC(N=[N+]=[N-])C(F)(F)F. The van der Waals surface area contributed by atoms with Gasteiger partial charge in [0, 0.05) is 17.5 Å². The Kier molecular flexibility index (Phi) is 5.75. The van der Waals surface area contributed by atoms with E-state index in [0.717, 1.165) is 11.8 Å². The Balaban J connectivity index is 2.38. The van der Waals surface area contributed by atoms with Crippen molar-refractivity contribution in [3.63, 3.8) is 0 Å². The van der Waals surface area contributed by atoms with Gasteiger partial charge in [0.1, 0.15) is 5.69 Å². The maximum absolute atomic E-state index is 13.0. The van der Waals surface area contributed by atoms with E-state index in [4.69, 9.17) is 10.3 Å². The van der Waals surface area contributed by atoms with Gasteiger partial charge in [0.25, 0.3) is 0 Å². The summed E-state index contributed by atoms with van der Waals surface area (Å²) >= 11 is 0. The molecule has 0 spiro atoms. The Labute approximate surface area is 140 Å². The number of halogens is 3. The van der Waals surface area contributed by atoms with Crippen molar-refractivity contribution in [1.82, 2.24) is 9.78 Å². The summed E-state index contributed by atoms with van der Waals surface area (Å²) < 4.78 is 49.7. The van der Waals surface area contributed by atoms with Crippen LogP contribution < -0.4 is 4.90 Å². The number of nitrogens with zero attached hydrogens (tertiary/aromatic N) is 6. The molecule has 1 aromatic rings. The van der Waals surface area contributed by atoms with Crippen LogP contribution in [0, 0.1) is 0 Å². The average Bonchev–Trinajstić information content (AvgIpc) is 2.97. The first-order chi connectivity index (χ1) is 11.8. The second-order valence-electron chi connectivity index (χ2n) is 5.44. The normalized spacial score (nSPS) is 19.2. The molecule has 0 radical (unpaired) electrons. The second kappa shape index (κ2) is 7.62. The lowest BCUT2D eigenvalue weighted by atomic mass is 10.2. The molecule has 2 heterocycles. The van der Waals surface area contributed by atoms with E-state index in [1.165, 1.54) is 6.07 Å². The molecule has 0 aliphatic carbocycles. The van der Waals surface area contributed by atoms with Crippen LogP contribution in [0.5, 0.6) is 0 Å². The average molecular weight is 362 g/mol. The number of anilines is 1. The Morgan fingerprint density at radius 3 is 2.92 bits per heavy atom. The summed E-state index contributed by atoms with van der Waals surface area (Å²) in [6.07, 6.45) is -4.77. The Morgan fingerprint density at radius 1 is 1.64 bits per heavy atom. The summed E-state index contributed by atoms with van der Waals surface area (Å²) in [6, 6.07) is -1.05. The number of carbonyl (C=O) groups excluding carboxylic acids is 1. The summed E-state index contributed by atoms with van der Waals surface area (Å²) in [4.78, 5) is 15.9. The number of methoxy groups -OCH3 is 1. The van der Waals surface area contributed by atoms with Crippen molar-refractivity contribution in [3.8, 4) is 0 Å². The van der Waals surface area contributed by atoms with Crippen LogP contribution in [-0.2, 0) is 16.0 Å². The minimum Gasteiger partial charge on any atom is -0.464 e. The quantitative estimate of drug-likeness (QED) is 0.345. The maximum Gasteiger partial charge on any atom is 0.399 e. The van der Waals surface area contributed by atoms with Crippen LogP contribution in [0.15, 0.2) is 11.2 Å². The molecule has 1 saturated heterocycles. The van der Waals surface area contributed by atoms with Crippen molar-refractivity contribution in [3.05, 3.63) is 22.2 Å². The molecule has 0 saturated carbocycles. The van der Waals surface area contributed by atoms with Crippen molar-refractivity contribution in [2.75, 3.05) is 31.8 Å². The third kappa shape index (κ3) is 4.34. The second-order valence-corrected chi connectivity index (χ2v) is 5.44. The highest BCUT2D eigenvalue weighted by molar-refractivity contribution is 5.88. The molecule has 1 aliphatic heterocycles. The summed E-state index contributed by atoms with van der Waals surface area (Å²) in [5, 5.41) is 6.85. The van der Waals surface area contributed by atoms with Crippen LogP contribution in [0.1, 0.15) is 17.4 Å². The molecule has 25 heavy (non-hydrogen) atoms. The lowest BCUT2D eigenvalue weighted by Crippen LogP contribution is -2.44. The predicted molar refractivity (Wildman–Crippen MR) is 80.2 cm³/mol. The van der Waals surface area contributed by atoms with Gasteiger partial charge in [0.2, 0.25) is 0 Å². The molecule has 1 aromatic heterocycles. The first-order valence-corrected chi connectivity index (χ1v) is 7.39. The Hall–Kier alpha value is -2.46. The van der Waals surface area contributed by atoms with Gasteiger partial charge in [0.15, 0.2) is 11.9 Å². The van der Waals surface area contributed by atoms with E-state index < -0.39 is 24.7 Å². The monoisotopic (exact) mass is 362 g/mol. The number of hydrogen-bond acceptors (Lipinski definition) is 6. The highest BCUT2D eigenvalue weighted by Gasteiger charge is 2.40. The van der Waals surface area contributed by atoms with Crippen molar-refractivity contribution >= 4 is 11.8 Å². The summed E-state index contributed by atoms with van der Waals surface area (Å²) in [5.41, 5.74) is 8.21. The lowest BCUT2D eigenvalue weighted by molar-refractivity contribution is -0.150. The summed E-state index contributed by atoms with van der Waals surface area (Å²) in [6.45, 7) is 2.40. The molecule has 0 N–H and O–H groups in total. The largest absolute Gasteiger partial charge is 0.464 e. The van der Waals surface area contributed by atoms with E-state index in [0.29, 0.717) is 25.6 Å². The van der Waals surface area contributed by atoms with Crippen molar-refractivity contribution < 1.29 is 27.4 Å². The molecule has 138 valence electrons. The number of alkyl halides is 3. The van der Waals surface area contributed by atoms with Crippen LogP contribution in [-0.4, -0.2) is 60.9 Å². The first-order valence-electron chi connectivity index (χ1n) is 7.39. The smallest absolute Gasteiger partial charge is 0.399 e. The van der Waals surface area contributed by atoms with E-state index in [1.807, 2.05) is 11.8 Å². The summed E-state index contributed by atoms with van der Waals surface area (Å²) in [7, 11) is 1.12. The molecule has 2 rings (SSSR count). The molecule has 1 aliphatic rings. The van der Waals surface area contributed by atoms with Crippen molar-refractivity contribution in [2.24, 2.45) is 5.11 Å². The van der Waals surface area contributed by atoms with Crippen LogP contribution in [0.25, 0.3) is 10.4 Å². The van der Waals surface area contributed by atoms with Gasteiger partial charge < -0.3 is 14.4 Å². The number of carbonyl (C=O) groups is 1. The van der Waals surface area contributed by atoms with E-state index in [1.54, 1.807) is 0 Å². The van der Waals surface area contributed by atoms with Gasteiger partial charge >= 0.3 is 12.1 Å². The van der Waals surface area contributed by atoms with E-state index in [2.05, 4.69) is 19.9 Å². The molecule has 1 fully saturated rings. The molecule has 12 heteroatoms. The van der Waals surface area contributed by atoms with Crippen LogP contribution in [0.4, 0.5) is 19.0 Å². The Morgan fingerprint density at radius 2 is 2.36 bits per heavy atom. The van der Waals surface area contributed by atoms with Gasteiger partial charge in [-0.3, -0.25) is 4.68 Å². The zero-order valence-corrected chi connectivity index (χ0v) is 13.6. The van der Waals surface area contributed by atoms with Crippen LogP contribution in [0.3, 0.4) is 0 Å².